The standard InChI is InChI=1S/C17H18N2O/c20-17(19-16-10-14-7-8-15(16)18-14)13-6-5-11-3-1-2-4-12(11)9-13/h1-6,9,14-16,18H,7-8,10H2,(H,19,20)/t14?,15?,16-/m1/s1. The summed E-state index contributed by atoms with van der Waals surface area (Å²) in [5.74, 6) is 0.0510. The van der Waals surface area contributed by atoms with Crippen molar-refractivity contribution in [2.45, 2.75) is 37.4 Å². The largest absolute Gasteiger partial charge is 0.348 e. The fourth-order valence-electron chi connectivity index (χ4n) is 3.57. The maximum Gasteiger partial charge on any atom is 0.251 e. The van der Waals surface area contributed by atoms with Gasteiger partial charge in [-0.25, -0.2) is 0 Å². The Bertz CT molecular complexity index is 667. The van der Waals surface area contributed by atoms with Crippen molar-refractivity contribution in [1.29, 1.82) is 0 Å². The van der Waals surface area contributed by atoms with Gasteiger partial charge >= 0.3 is 0 Å². The molecule has 3 heteroatoms. The first-order valence-electron chi connectivity index (χ1n) is 7.35. The van der Waals surface area contributed by atoms with E-state index in [-0.39, 0.29) is 5.91 Å². The Morgan fingerprint density at radius 3 is 2.70 bits per heavy atom. The molecule has 2 N–H and O–H groups in total. The normalized spacial score (nSPS) is 27.9. The molecule has 0 aliphatic carbocycles. The van der Waals surface area contributed by atoms with Crippen LogP contribution in [0.4, 0.5) is 0 Å². The highest BCUT2D eigenvalue weighted by Crippen LogP contribution is 2.28. The molecule has 2 heterocycles. The molecule has 0 radical (unpaired) electrons. The van der Waals surface area contributed by atoms with Gasteiger partial charge < -0.3 is 10.6 Å². The third kappa shape index (κ3) is 1.98. The minimum atomic E-state index is 0.0510. The summed E-state index contributed by atoms with van der Waals surface area (Å²) in [7, 11) is 0. The highest BCUT2D eigenvalue weighted by Gasteiger charge is 2.39. The van der Waals surface area contributed by atoms with Gasteiger partial charge in [-0.05, 0) is 42.2 Å². The van der Waals surface area contributed by atoms with Crippen molar-refractivity contribution in [2.75, 3.05) is 0 Å². The summed E-state index contributed by atoms with van der Waals surface area (Å²) < 4.78 is 0. The number of carbonyl (C=O) groups excluding carboxylic acids is 1. The van der Waals surface area contributed by atoms with E-state index in [1.165, 1.54) is 18.2 Å². The minimum Gasteiger partial charge on any atom is -0.348 e. The lowest BCUT2D eigenvalue weighted by Gasteiger charge is -2.21. The van der Waals surface area contributed by atoms with E-state index in [0.717, 1.165) is 17.4 Å². The molecule has 2 aliphatic heterocycles. The molecule has 2 aliphatic rings. The Hall–Kier alpha value is -1.87. The molecular weight excluding hydrogens is 248 g/mol. The summed E-state index contributed by atoms with van der Waals surface area (Å²) >= 11 is 0. The van der Waals surface area contributed by atoms with Crippen molar-refractivity contribution >= 4 is 16.7 Å². The van der Waals surface area contributed by atoms with Crippen LogP contribution >= 0.6 is 0 Å². The number of rotatable bonds is 2. The average Bonchev–Trinajstić information content (AvgIpc) is 3.09. The van der Waals surface area contributed by atoms with Crippen LogP contribution in [0.1, 0.15) is 29.6 Å². The molecule has 2 unspecified atom stereocenters. The summed E-state index contributed by atoms with van der Waals surface area (Å²) in [6.45, 7) is 0. The van der Waals surface area contributed by atoms with Crippen LogP contribution in [0.25, 0.3) is 10.8 Å². The second-order valence-electron chi connectivity index (χ2n) is 5.93. The van der Waals surface area contributed by atoms with Crippen molar-refractivity contribution in [1.82, 2.24) is 10.6 Å². The minimum absolute atomic E-state index is 0.0510. The number of fused-ring (bicyclic) bond motifs is 3. The quantitative estimate of drug-likeness (QED) is 0.876. The lowest BCUT2D eigenvalue weighted by atomic mass is 9.95. The van der Waals surface area contributed by atoms with Gasteiger partial charge in [0.25, 0.3) is 5.91 Å². The maximum atomic E-state index is 12.4. The van der Waals surface area contributed by atoms with Crippen LogP contribution in [0, 0.1) is 0 Å². The van der Waals surface area contributed by atoms with Crippen molar-refractivity contribution < 1.29 is 4.79 Å². The van der Waals surface area contributed by atoms with Crippen molar-refractivity contribution in [3.8, 4) is 0 Å². The van der Waals surface area contributed by atoms with Gasteiger partial charge in [-0.15, -0.1) is 0 Å². The topological polar surface area (TPSA) is 41.1 Å². The van der Waals surface area contributed by atoms with Crippen LogP contribution in [-0.4, -0.2) is 24.0 Å². The predicted octanol–water partition coefficient (Wildman–Crippen LogP) is 2.46. The van der Waals surface area contributed by atoms with E-state index >= 15 is 0 Å². The summed E-state index contributed by atoms with van der Waals surface area (Å²) in [5.41, 5.74) is 0.756. The molecule has 3 nitrogen and oxygen atoms in total. The predicted molar refractivity (Wildman–Crippen MR) is 79.8 cm³/mol. The number of amides is 1. The molecule has 3 atom stereocenters. The van der Waals surface area contributed by atoms with Crippen LogP contribution in [0.3, 0.4) is 0 Å². The molecule has 2 fully saturated rings. The summed E-state index contributed by atoms with van der Waals surface area (Å²) in [4.78, 5) is 12.4. The van der Waals surface area contributed by atoms with E-state index < -0.39 is 0 Å². The fourth-order valence-corrected chi connectivity index (χ4v) is 3.57. The summed E-state index contributed by atoms with van der Waals surface area (Å²) in [5, 5.41) is 9.03. The van der Waals surface area contributed by atoms with Crippen LogP contribution in [0.5, 0.6) is 0 Å². The molecule has 102 valence electrons. The van der Waals surface area contributed by atoms with Gasteiger partial charge in [0.15, 0.2) is 0 Å². The second kappa shape index (κ2) is 4.60. The van der Waals surface area contributed by atoms with Crippen molar-refractivity contribution in [3.05, 3.63) is 48.0 Å². The third-order valence-corrected chi connectivity index (χ3v) is 4.63. The molecule has 4 rings (SSSR count). The van der Waals surface area contributed by atoms with Crippen LogP contribution in [0.2, 0.25) is 0 Å². The number of hydrogen-bond donors (Lipinski definition) is 2. The highest BCUT2D eigenvalue weighted by atomic mass is 16.1. The first kappa shape index (κ1) is 11.9. The van der Waals surface area contributed by atoms with Crippen LogP contribution in [0.15, 0.2) is 42.5 Å². The Labute approximate surface area is 118 Å². The van der Waals surface area contributed by atoms with Gasteiger partial charge in [-0.3, -0.25) is 4.79 Å². The first-order chi connectivity index (χ1) is 9.79. The van der Waals surface area contributed by atoms with Gasteiger partial charge in [0.05, 0.1) is 0 Å². The van der Waals surface area contributed by atoms with Gasteiger partial charge in [-0.1, -0.05) is 30.3 Å². The molecule has 1 amide bonds. The Kier molecular flexibility index (Phi) is 2.74. The monoisotopic (exact) mass is 266 g/mol. The number of carbonyl (C=O) groups is 1. The molecule has 2 aromatic rings. The lowest BCUT2D eigenvalue weighted by molar-refractivity contribution is 0.0931. The molecule has 2 aromatic carbocycles. The highest BCUT2D eigenvalue weighted by molar-refractivity contribution is 5.98. The van der Waals surface area contributed by atoms with Crippen molar-refractivity contribution in [3.63, 3.8) is 0 Å². The van der Waals surface area contributed by atoms with E-state index in [0.29, 0.717) is 18.1 Å². The number of hydrogen-bond acceptors (Lipinski definition) is 2. The molecule has 2 saturated heterocycles. The number of nitrogens with one attached hydrogen (secondary N) is 2. The van der Waals surface area contributed by atoms with E-state index in [2.05, 4.69) is 16.7 Å². The van der Waals surface area contributed by atoms with Crippen molar-refractivity contribution in [2.24, 2.45) is 0 Å². The zero-order valence-corrected chi connectivity index (χ0v) is 11.3. The molecule has 0 saturated carbocycles. The fraction of sp³-hybridized carbons (Fsp3) is 0.353. The molecule has 0 spiro atoms. The maximum absolute atomic E-state index is 12.4. The zero-order chi connectivity index (χ0) is 13.5. The van der Waals surface area contributed by atoms with E-state index in [1.807, 2.05) is 36.4 Å². The van der Waals surface area contributed by atoms with E-state index in [1.54, 1.807) is 0 Å². The van der Waals surface area contributed by atoms with Gasteiger partial charge in [0, 0.05) is 23.7 Å². The molecule has 2 bridgehead atoms. The SMILES string of the molecule is O=C(N[C@@H]1CC2CCC1N2)c1ccc2ccccc2c1. The Morgan fingerprint density at radius 1 is 1.10 bits per heavy atom. The Balaban J connectivity index is 1.54. The zero-order valence-electron chi connectivity index (χ0n) is 11.3. The van der Waals surface area contributed by atoms with Crippen LogP contribution < -0.4 is 10.6 Å². The second-order valence-corrected chi connectivity index (χ2v) is 5.93. The number of benzene rings is 2. The van der Waals surface area contributed by atoms with E-state index in [4.69, 9.17) is 0 Å². The molecule has 20 heavy (non-hydrogen) atoms. The average molecular weight is 266 g/mol. The summed E-state index contributed by atoms with van der Waals surface area (Å²) in [6, 6.07) is 15.4. The molecular formula is C17H18N2O. The Morgan fingerprint density at radius 2 is 1.95 bits per heavy atom. The molecule has 0 aromatic heterocycles. The van der Waals surface area contributed by atoms with E-state index in [9.17, 15) is 4.79 Å². The van der Waals surface area contributed by atoms with Gasteiger partial charge in [0.1, 0.15) is 0 Å². The van der Waals surface area contributed by atoms with Crippen LogP contribution in [-0.2, 0) is 0 Å². The lowest BCUT2D eigenvalue weighted by Crippen LogP contribution is -2.42. The van der Waals surface area contributed by atoms with Gasteiger partial charge in [-0.2, -0.15) is 0 Å². The smallest absolute Gasteiger partial charge is 0.251 e. The first-order valence-corrected chi connectivity index (χ1v) is 7.35. The van der Waals surface area contributed by atoms with Gasteiger partial charge in [0.2, 0.25) is 0 Å². The summed E-state index contributed by atoms with van der Waals surface area (Å²) in [6.07, 6.45) is 3.52. The third-order valence-electron chi connectivity index (χ3n) is 4.63.